The zero-order valence-electron chi connectivity index (χ0n) is 16.8. The van der Waals surface area contributed by atoms with E-state index in [0.717, 1.165) is 17.0 Å². The third-order valence-electron chi connectivity index (χ3n) is 4.93. The van der Waals surface area contributed by atoms with Gasteiger partial charge in [-0.2, -0.15) is 5.10 Å². The fourth-order valence-electron chi connectivity index (χ4n) is 3.12. The predicted octanol–water partition coefficient (Wildman–Crippen LogP) is 1.62. The maximum Gasteiger partial charge on any atom is 0.324 e. The molecule has 1 aromatic heterocycles. The lowest BCUT2D eigenvalue weighted by molar-refractivity contribution is -0.127. The summed E-state index contributed by atoms with van der Waals surface area (Å²) in [5, 5.41) is 9.53. The van der Waals surface area contributed by atoms with Gasteiger partial charge in [-0.1, -0.05) is 12.1 Å². The molecule has 3 rings (SSSR count). The highest BCUT2D eigenvalue weighted by Crippen LogP contribution is 2.16. The molecule has 1 aliphatic heterocycles. The van der Waals surface area contributed by atoms with E-state index in [4.69, 9.17) is 4.74 Å². The first-order valence-electron chi connectivity index (χ1n) is 9.42. The van der Waals surface area contributed by atoms with Gasteiger partial charge in [0, 0.05) is 31.8 Å². The summed E-state index contributed by atoms with van der Waals surface area (Å²) in [5.74, 6) is 0.674. The van der Waals surface area contributed by atoms with E-state index < -0.39 is 12.1 Å². The number of ether oxygens (including phenoxy) is 1. The Balaban J connectivity index is 1.48. The van der Waals surface area contributed by atoms with Crippen LogP contribution in [0.3, 0.4) is 0 Å². The van der Waals surface area contributed by atoms with Gasteiger partial charge in [-0.25, -0.2) is 4.79 Å². The van der Waals surface area contributed by atoms with Crippen molar-refractivity contribution in [2.75, 3.05) is 19.0 Å². The second-order valence-electron chi connectivity index (χ2n) is 6.97. The van der Waals surface area contributed by atoms with Crippen molar-refractivity contribution in [1.29, 1.82) is 0 Å². The molecule has 1 atom stereocenters. The zero-order chi connectivity index (χ0) is 21.0. The second kappa shape index (κ2) is 8.76. The maximum atomic E-state index is 12.5. The van der Waals surface area contributed by atoms with Crippen molar-refractivity contribution >= 4 is 23.7 Å². The Labute approximate surface area is 169 Å². The molecule has 0 saturated carbocycles. The fraction of sp³-hybridized carbons (Fsp3) is 0.400. The van der Waals surface area contributed by atoms with E-state index >= 15 is 0 Å². The smallest absolute Gasteiger partial charge is 0.324 e. The lowest BCUT2D eigenvalue weighted by atomic mass is 10.1. The number of methoxy groups -OCH3 is 1. The Hall–Kier alpha value is -3.36. The third kappa shape index (κ3) is 4.92. The molecule has 0 bridgehead atoms. The zero-order valence-corrected chi connectivity index (χ0v) is 16.8. The quantitative estimate of drug-likeness (QED) is 0.656. The molecule has 9 heteroatoms. The molecule has 0 aliphatic carbocycles. The molecule has 1 aromatic carbocycles. The van der Waals surface area contributed by atoms with E-state index in [-0.39, 0.29) is 31.2 Å². The van der Waals surface area contributed by atoms with Crippen LogP contribution in [0.2, 0.25) is 0 Å². The van der Waals surface area contributed by atoms with Gasteiger partial charge in [0.25, 0.3) is 5.91 Å². The Kier molecular flexibility index (Phi) is 6.16. The van der Waals surface area contributed by atoms with Gasteiger partial charge in [0.05, 0.1) is 7.11 Å². The third-order valence-corrected chi connectivity index (χ3v) is 4.93. The minimum atomic E-state index is -0.686. The normalized spacial score (nSPS) is 16.1. The van der Waals surface area contributed by atoms with E-state index in [1.54, 1.807) is 24.9 Å². The van der Waals surface area contributed by atoms with Crippen LogP contribution in [0.5, 0.6) is 5.75 Å². The van der Waals surface area contributed by atoms with E-state index in [2.05, 4.69) is 15.7 Å². The highest BCUT2D eigenvalue weighted by atomic mass is 16.5. The molecule has 2 N–H and O–H groups in total. The van der Waals surface area contributed by atoms with Gasteiger partial charge >= 0.3 is 6.03 Å². The number of benzene rings is 1. The van der Waals surface area contributed by atoms with Crippen LogP contribution in [0.15, 0.2) is 30.3 Å². The molecule has 29 heavy (non-hydrogen) atoms. The number of nitrogens with one attached hydrogen (secondary N) is 2. The first kappa shape index (κ1) is 20.4. The summed E-state index contributed by atoms with van der Waals surface area (Å²) in [6.45, 7) is 2.17. The van der Waals surface area contributed by atoms with Crippen LogP contribution in [0.25, 0.3) is 0 Å². The minimum Gasteiger partial charge on any atom is -0.497 e. The number of imide groups is 1. The predicted molar refractivity (Wildman–Crippen MR) is 107 cm³/mol. The van der Waals surface area contributed by atoms with Crippen LogP contribution in [0.1, 0.15) is 24.1 Å². The lowest BCUT2D eigenvalue weighted by Gasteiger charge is -2.13. The molecular weight excluding hydrogens is 374 g/mol. The first-order chi connectivity index (χ1) is 13.9. The van der Waals surface area contributed by atoms with Crippen molar-refractivity contribution in [3.05, 3.63) is 41.6 Å². The molecule has 0 radical (unpaired) electrons. The van der Waals surface area contributed by atoms with Crippen LogP contribution < -0.4 is 15.4 Å². The summed E-state index contributed by atoms with van der Waals surface area (Å²) in [7, 11) is 3.39. The molecule has 9 nitrogen and oxygen atoms in total. The Bertz CT molecular complexity index is 887. The number of aromatic nitrogens is 2. The topological polar surface area (TPSA) is 106 Å². The Morgan fingerprint density at radius 2 is 2.00 bits per heavy atom. The number of carbonyl (C=O) groups excluding carboxylic acids is 3. The van der Waals surface area contributed by atoms with Crippen LogP contribution in [0.4, 0.5) is 10.6 Å². The number of hydrogen-bond acceptors (Lipinski definition) is 5. The summed E-state index contributed by atoms with van der Waals surface area (Å²) in [5.41, 5.74) is 1.92. The van der Waals surface area contributed by atoms with Gasteiger partial charge in [-0.3, -0.25) is 19.2 Å². The van der Waals surface area contributed by atoms with E-state index in [1.807, 2.05) is 31.2 Å². The maximum absolute atomic E-state index is 12.5. The van der Waals surface area contributed by atoms with Crippen LogP contribution in [-0.2, 0) is 23.1 Å². The summed E-state index contributed by atoms with van der Waals surface area (Å²) in [6, 6.07) is 8.14. The monoisotopic (exact) mass is 399 g/mol. The molecule has 1 fully saturated rings. The summed E-state index contributed by atoms with van der Waals surface area (Å²) >= 11 is 0. The van der Waals surface area contributed by atoms with Crippen molar-refractivity contribution in [3.8, 4) is 5.75 Å². The number of hydrogen-bond donors (Lipinski definition) is 2. The van der Waals surface area contributed by atoms with Crippen molar-refractivity contribution in [1.82, 2.24) is 20.0 Å². The number of anilines is 1. The lowest BCUT2D eigenvalue weighted by Crippen LogP contribution is -2.33. The highest BCUT2D eigenvalue weighted by Gasteiger charge is 2.37. The van der Waals surface area contributed by atoms with Gasteiger partial charge < -0.3 is 15.4 Å². The number of carbonyl (C=O) groups is 3. The van der Waals surface area contributed by atoms with E-state index in [9.17, 15) is 14.4 Å². The molecule has 2 aromatic rings. The van der Waals surface area contributed by atoms with Crippen LogP contribution in [-0.4, -0.2) is 52.2 Å². The SMILES string of the molecule is COc1ccc(CCN2C(=O)N[C@H](CCC(=O)Nc3cc(C)n(C)n3)C2=O)cc1. The molecule has 154 valence electrons. The van der Waals surface area contributed by atoms with Gasteiger partial charge in [0.1, 0.15) is 11.8 Å². The standard InChI is InChI=1S/C20H25N5O4/c1-13-12-17(23-24(13)2)22-18(26)9-8-16-19(27)25(20(28)21-16)11-10-14-4-6-15(29-3)7-5-14/h4-7,12,16H,8-11H2,1-3H3,(H,21,28)(H,22,23,26)/t16-/m1/s1. The second-order valence-corrected chi connectivity index (χ2v) is 6.97. The molecule has 4 amide bonds. The van der Waals surface area contributed by atoms with Crippen molar-refractivity contribution in [2.45, 2.75) is 32.2 Å². The summed E-state index contributed by atoms with van der Waals surface area (Å²) in [4.78, 5) is 38.0. The Morgan fingerprint density at radius 3 is 2.62 bits per heavy atom. The molecule has 2 heterocycles. The number of nitrogens with zero attached hydrogens (tertiary/aromatic N) is 3. The van der Waals surface area contributed by atoms with Gasteiger partial charge in [-0.05, 0) is 37.5 Å². The summed E-state index contributed by atoms with van der Waals surface area (Å²) in [6.07, 6.45) is 0.898. The molecule has 0 spiro atoms. The van der Waals surface area contributed by atoms with Crippen LogP contribution in [0, 0.1) is 6.92 Å². The highest BCUT2D eigenvalue weighted by molar-refractivity contribution is 6.04. The molecular formula is C20H25N5O4. The Morgan fingerprint density at radius 1 is 1.28 bits per heavy atom. The van der Waals surface area contributed by atoms with Gasteiger partial charge in [-0.15, -0.1) is 0 Å². The van der Waals surface area contributed by atoms with E-state index in [0.29, 0.717) is 12.2 Å². The van der Waals surface area contributed by atoms with Crippen LogP contribution >= 0.6 is 0 Å². The average molecular weight is 399 g/mol. The fourth-order valence-corrected chi connectivity index (χ4v) is 3.12. The van der Waals surface area contributed by atoms with Crippen molar-refractivity contribution in [2.24, 2.45) is 7.05 Å². The number of aryl methyl sites for hydroxylation is 2. The number of urea groups is 1. The molecule has 1 saturated heterocycles. The first-order valence-corrected chi connectivity index (χ1v) is 9.42. The molecule has 0 unspecified atom stereocenters. The van der Waals surface area contributed by atoms with Gasteiger partial charge in [0.15, 0.2) is 5.82 Å². The number of amides is 4. The molecule has 1 aliphatic rings. The van der Waals surface area contributed by atoms with Gasteiger partial charge in [0.2, 0.25) is 5.91 Å². The van der Waals surface area contributed by atoms with E-state index in [1.165, 1.54) is 4.90 Å². The van der Waals surface area contributed by atoms with Crippen molar-refractivity contribution in [3.63, 3.8) is 0 Å². The minimum absolute atomic E-state index is 0.110. The average Bonchev–Trinajstić information content (AvgIpc) is 3.16. The number of rotatable bonds is 8. The summed E-state index contributed by atoms with van der Waals surface area (Å²) < 4.78 is 6.78. The largest absolute Gasteiger partial charge is 0.497 e. The van der Waals surface area contributed by atoms with Crippen molar-refractivity contribution < 1.29 is 19.1 Å².